The van der Waals surface area contributed by atoms with Crippen molar-refractivity contribution in [3.05, 3.63) is 23.8 Å². The van der Waals surface area contributed by atoms with E-state index in [1.807, 2.05) is 30.9 Å². The lowest BCUT2D eigenvalue weighted by Crippen LogP contribution is -2.41. The summed E-state index contributed by atoms with van der Waals surface area (Å²) in [6.45, 7) is 5.38. The molecule has 1 heterocycles. The second-order valence-electron chi connectivity index (χ2n) is 7.22. The number of fused-ring (bicyclic) bond motifs is 1. The number of benzene rings is 1. The topological polar surface area (TPSA) is 97.0 Å². The molecule has 0 radical (unpaired) electrons. The monoisotopic (exact) mass is 403 g/mol. The number of anilines is 2. The van der Waals surface area contributed by atoms with Gasteiger partial charge in [0, 0.05) is 37.1 Å². The van der Waals surface area contributed by atoms with Gasteiger partial charge in [-0.2, -0.15) is 0 Å². The Kier molecular flexibility index (Phi) is 7.22. The van der Waals surface area contributed by atoms with Crippen molar-refractivity contribution in [3.63, 3.8) is 0 Å². The van der Waals surface area contributed by atoms with Crippen LogP contribution < -0.4 is 15.5 Å². The maximum atomic E-state index is 12.5. The fourth-order valence-corrected chi connectivity index (χ4v) is 3.44. The van der Waals surface area contributed by atoms with Gasteiger partial charge in [-0.3, -0.25) is 14.4 Å². The van der Waals surface area contributed by atoms with Crippen LogP contribution in [0.25, 0.3) is 0 Å². The lowest BCUT2D eigenvalue weighted by molar-refractivity contribution is -0.145. The number of aryl methyl sites for hydroxylation is 1. The molecular formula is C21H29N3O5. The van der Waals surface area contributed by atoms with E-state index in [0.717, 1.165) is 43.5 Å². The predicted molar refractivity (Wildman–Crippen MR) is 109 cm³/mol. The average molecular weight is 403 g/mol. The molecular weight excluding hydrogens is 374 g/mol. The molecule has 8 heteroatoms. The zero-order valence-electron chi connectivity index (χ0n) is 17.0. The summed E-state index contributed by atoms with van der Waals surface area (Å²) in [5, 5.41) is 5.14. The number of amides is 3. The molecule has 0 spiro atoms. The molecule has 3 rings (SSSR count). The molecule has 1 aromatic rings. The van der Waals surface area contributed by atoms with Crippen molar-refractivity contribution in [1.82, 2.24) is 5.32 Å². The van der Waals surface area contributed by atoms with Crippen molar-refractivity contribution in [2.45, 2.75) is 45.8 Å². The molecule has 29 heavy (non-hydrogen) atoms. The van der Waals surface area contributed by atoms with Gasteiger partial charge in [0.15, 0.2) is 6.29 Å². The summed E-state index contributed by atoms with van der Waals surface area (Å²) >= 11 is 0. The molecule has 2 aliphatic rings. The zero-order valence-corrected chi connectivity index (χ0v) is 17.0. The van der Waals surface area contributed by atoms with Crippen LogP contribution in [0.3, 0.4) is 0 Å². The molecule has 1 fully saturated rings. The highest BCUT2D eigenvalue weighted by atomic mass is 16.7. The van der Waals surface area contributed by atoms with E-state index >= 15 is 0 Å². The van der Waals surface area contributed by atoms with Crippen molar-refractivity contribution in [2.24, 2.45) is 5.92 Å². The summed E-state index contributed by atoms with van der Waals surface area (Å²) in [5.74, 6) is -1.14. The van der Waals surface area contributed by atoms with Crippen molar-refractivity contribution in [3.8, 4) is 0 Å². The number of rotatable bonds is 8. The fraction of sp³-hybridized carbons (Fsp3) is 0.571. The quantitative estimate of drug-likeness (QED) is 0.510. The third kappa shape index (κ3) is 5.55. The van der Waals surface area contributed by atoms with Crippen molar-refractivity contribution in [1.29, 1.82) is 0 Å². The number of ether oxygens (including phenoxy) is 2. The Morgan fingerprint density at radius 3 is 2.52 bits per heavy atom. The third-order valence-corrected chi connectivity index (χ3v) is 4.99. The summed E-state index contributed by atoms with van der Waals surface area (Å²) in [7, 11) is 0. The first kappa shape index (κ1) is 21.3. The maximum Gasteiger partial charge on any atom is 0.313 e. The highest BCUT2D eigenvalue weighted by Crippen LogP contribution is 2.36. The summed E-state index contributed by atoms with van der Waals surface area (Å²) in [6.07, 6.45) is 3.09. The zero-order chi connectivity index (χ0) is 20.8. The number of carbonyl (C=O) groups is 3. The molecule has 1 aliphatic heterocycles. The van der Waals surface area contributed by atoms with Gasteiger partial charge in [0.2, 0.25) is 5.91 Å². The summed E-state index contributed by atoms with van der Waals surface area (Å²) in [4.78, 5) is 38.6. The maximum absolute atomic E-state index is 12.5. The Hall–Kier alpha value is -2.45. The van der Waals surface area contributed by atoms with E-state index in [9.17, 15) is 14.4 Å². The molecule has 0 aromatic heterocycles. The molecule has 0 bridgehead atoms. The standard InChI is InChI=1S/C21H29N3O5/c1-3-28-18(29-4-2)13-22-19(25)20(26)23-16-9-10-17-15(12-16)6-5-11-24(17)21(27)14-7-8-14/h9-10,12,14,18H,3-8,11,13H2,1-2H3,(H,22,25)(H,23,26). The Bertz CT molecular complexity index is 757. The van der Waals surface area contributed by atoms with Crippen molar-refractivity contribution < 1.29 is 23.9 Å². The molecule has 2 N–H and O–H groups in total. The lowest BCUT2D eigenvalue weighted by Gasteiger charge is -2.30. The Morgan fingerprint density at radius 2 is 1.86 bits per heavy atom. The van der Waals surface area contributed by atoms with Crippen molar-refractivity contribution >= 4 is 29.1 Å². The molecule has 0 unspecified atom stereocenters. The van der Waals surface area contributed by atoms with E-state index in [2.05, 4.69) is 10.6 Å². The van der Waals surface area contributed by atoms with Gasteiger partial charge >= 0.3 is 11.8 Å². The Balaban J connectivity index is 1.58. The van der Waals surface area contributed by atoms with Crippen LogP contribution in [0.1, 0.15) is 38.7 Å². The molecule has 1 aromatic carbocycles. The van der Waals surface area contributed by atoms with Crippen LogP contribution in [0, 0.1) is 5.92 Å². The summed E-state index contributed by atoms with van der Waals surface area (Å²) < 4.78 is 10.7. The average Bonchev–Trinajstić information content (AvgIpc) is 3.56. The van der Waals surface area contributed by atoms with Gasteiger partial charge in [0.05, 0.1) is 6.54 Å². The Labute approximate surface area is 170 Å². The Morgan fingerprint density at radius 1 is 1.14 bits per heavy atom. The minimum absolute atomic E-state index is 0.0936. The number of nitrogens with one attached hydrogen (secondary N) is 2. The normalized spacial score (nSPS) is 15.8. The van der Waals surface area contributed by atoms with Gasteiger partial charge in [-0.05, 0) is 63.3 Å². The first-order chi connectivity index (χ1) is 14.0. The van der Waals surface area contributed by atoms with Crippen LogP contribution >= 0.6 is 0 Å². The van der Waals surface area contributed by atoms with E-state index in [0.29, 0.717) is 18.9 Å². The van der Waals surface area contributed by atoms with Gasteiger partial charge in [0.25, 0.3) is 0 Å². The van der Waals surface area contributed by atoms with Gasteiger partial charge in [0.1, 0.15) is 0 Å². The number of carbonyl (C=O) groups excluding carboxylic acids is 3. The highest BCUT2D eigenvalue weighted by molar-refractivity contribution is 6.39. The van der Waals surface area contributed by atoms with E-state index in [4.69, 9.17) is 9.47 Å². The van der Waals surface area contributed by atoms with Crippen LogP contribution in [0.5, 0.6) is 0 Å². The lowest BCUT2D eigenvalue weighted by atomic mass is 10.0. The first-order valence-corrected chi connectivity index (χ1v) is 10.3. The van der Waals surface area contributed by atoms with Gasteiger partial charge in [-0.15, -0.1) is 0 Å². The minimum Gasteiger partial charge on any atom is -0.351 e. The fourth-order valence-electron chi connectivity index (χ4n) is 3.44. The second kappa shape index (κ2) is 9.84. The summed E-state index contributed by atoms with van der Waals surface area (Å²) in [5.41, 5.74) is 2.46. The predicted octanol–water partition coefficient (Wildman–Crippen LogP) is 1.83. The molecule has 0 atom stereocenters. The van der Waals surface area contributed by atoms with E-state index < -0.39 is 18.1 Å². The number of nitrogens with zero attached hydrogens (tertiary/aromatic N) is 1. The molecule has 0 saturated heterocycles. The van der Waals surface area contributed by atoms with Crippen LogP contribution in [0.15, 0.2) is 18.2 Å². The second-order valence-corrected chi connectivity index (χ2v) is 7.22. The van der Waals surface area contributed by atoms with E-state index in [-0.39, 0.29) is 18.4 Å². The van der Waals surface area contributed by atoms with E-state index in [1.54, 1.807) is 6.07 Å². The van der Waals surface area contributed by atoms with Gasteiger partial charge < -0.3 is 25.0 Å². The van der Waals surface area contributed by atoms with Crippen LogP contribution in [0.4, 0.5) is 11.4 Å². The van der Waals surface area contributed by atoms with Crippen LogP contribution in [0.2, 0.25) is 0 Å². The largest absolute Gasteiger partial charge is 0.351 e. The van der Waals surface area contributed by atoms with Crippen molar-refractivity contribution in [2.75, 3.05) is 36.5 Å². The van der Waals surface area contributed by atoms with E-state index in [1.165, 1.54) is 0 Å². The molecule has 1 aliphatic carbocycles. The minimum atomic E-state index is -0.752. The number of hydrogen-bond donors (Lipinski definition) is 2. The highest BCUT2D eigenvalue weighted by Gasteiger charge is 2.35. The SMILES string of the molecule is CCOC(CNC(=O)C(=O)Nc1ccc2c(c1)CCCN2C(=O)C1CC1)OCC. The molecule has 8 nitrogen and oxygen atoms in total. The van der Waals surface area contributed by atoms with Gasteiger partial charge in [-0.25, -0.2) is 0 Å². The molecule has 158 valence electrons. The van der Waals surface area contributed by atoms with Crippen LogP contribution in [-0.2, 0) is 30.3 Å². The molecule has 1 saturated carbocycles. The summed E-state index contributed by atoms with van der Waals surface area (Å²) in [6, 6.07) is 5.42. The first-order valence-electron chi connectivity index (χ1n) is 10.3. The third-order valence-electron chi connectivity index (χ3n) is 4.99. The van der Waals surface area contributed by atoms with Crippen LogP contribution in [-0.4, -0.2) is 50.3 Å². The smallest absolute Gasteiger partial charge is 0.313 e. The number of hydrogen-bond acceptors (Lipinski definition) is 5. The van der Waals surface area contributed by atoms with Gasteiger partial charge in [-0.1, -0.05) is 0 Å². The molecule has 3 amide bonds.